The monoisotopic (exact) mass is 358 g/mol. The lowest BCUT2D eigenvalue weighted by atomic mass is 10.2. The first-order chi connectivity index (χ1) is 11.3. The van der Waals surface area contributed by atoms with Crippen molar-refractivity contribution >= 4 is 34.4 Å². The predicted octanol–water partition coefficient (Wildman–Crippen LogP) is 3.22. The van der Waals surface area contributed by atoms with Gasteiger partial charge in [0.05, 0.1) is 10.8 Å². The second-order valence-electron chi connectivity index (χ2n) is 5.00. The quantitative estimate of drug-likeness (QED) is 0.613. The van der Waals surface area contributed by atoms with E-state index in [4.69, 9.17) is 0 Å². The highest BCUT2D eigenvalue weighted by Gasteiger charge is 2.29. The van der Waals surface area contributed by atoms with Gasteiger partial charge in [0.1, 0.15) is 12.4 Å². The lowest BCUT2D eigenvalue weighted by molar-refractivity contribution is -0.137. The molecule has 0 aliphatic heterocycles. The molecule has 2 N–H and O–H groups in total. The Labute approximate surface area is 141 Å². The Bertz CT molecular complexity index is 723. The van der Waals surface area contributed by atoms with Crippen LogP contribution in [-0.2, 0) is 4.79 Å². The average Bonchev–Trinajstić information content (AvgIpc) is 2.52. The van der Waals surface area contributed by atoms with Crippen molar-refractivity contribution in [2.24, 2.45) is 0 Å². The van der Waals surface area contributed by atoms with Crippen molar-refractivity contribution in [1.29, 1.82) is 0 Å². The molecule has 0 radical (unpaired) electrons. The highest BCUT2D eigenvalue weighted by Crippen LogP contribution is 2.26. The molecule has 1 aromatic carbocycles. The number of nitrogens with zero attached hydrogens (tertiary/aromatic N) is 2. The van der Waals surface area contributed by atoms with Crippen molar-refractivity contribution in [2.45, 2.75) is 30.4 Å². The fourth-order valence-electron chi connectivity index (χ4n) is 1.95. The molecule has 0 saturated carbocycles. The van der Waals surface area contributed by atoms with Gasteiger partial charge in [0, 0.05) is 11.9 Å². The zero-order valence-electron chi connectivity index (χ0n) is 13.1. The molecule has 0 aliphatic carbocycles. The number of fused-ring (bicyclic) bond motifs is 1. The molecule has 2 rings (SSSR count). The summed E-state index contributed by atoms with van der Waals surface area (Å²) in [7, 11) is 0. The molecule has 2 aromatic rings. The number of nitrogens with one attached hydrogen (secondary N) is 2. The van der Waals surface area contributed by atoms with E-state index in [9.17, 15) is 18.0 Å². The molecule has 1 unspecified atom stereocenters. The number of anilines is 1. The van der Waals surface area contributed by atoms with Crippen LogP contribution >= 0.6 is 11.8 Å². The van der Waals surface area contributed by atoms with E-state index in [2.05, 4.69) is 15.3 Å². The van der Waals surface area contributed by atoms with Crippen LogP contribution in [0.3, 0.4) is 0 Å². The van der Waals surface area contributed by atoms with Crippen LogP contribution in [0.1, 0.15) is 13.8 Å². The van der Waals surface area contributed by atoms with Crippen LogP contribution in [0.15, 0.2) is 29.4 Å². The summed E-state index contributed by atoms with van der Waals surface area (Å²) >= 11 is 1.02. The molecule has 0 aliphatic rings. The number of hydrogen-bond donors (Lipinski definition) is 2. The topological polar surface area (TPSA) is 66.9 Å². The normalized spacial score (nSPS) is 12.9. The van der Waals surface area contributed by atoms with E-state index >= 15 is 0 Å². The van der Waals surface area contributed by atoms with Gasteiger partial charge in [0.2, 0.25) is 5.91 Å². The number of carbonyl (C=O) groups excluding carboxylic acids is 1. The number of hydrogen-bond acceptors (Lipinski definition) is 5. The first-order valence-corrected chi connectivity index (χ1v) is 8.20. The smallest absolute Gasteiger partial charge is 0.370 e. The van der Waals surface area contributed by atoms with Gasteiger partial charge in [-0.15, -0.1) is 0 Å². The minimum Gasteiger partial charge on any atom is -0.370 e. The number of rotatable bonds is 6. The fraction of sp³-hybridized carbons (Fsp3) is 0.400. The molecule has 9 heteroatoms. The molecule has 1 amide bonds. The molecule has 5 nitrogen and oxygen atoms in total. The van der Waals surface area contributed by atoms with Crippen molar-refractivity contribution < 1.29 is 18.0 Å². The summed E-state index contributed by atoms with van der Waals surface area (Å²) in [5, 5.41) is 5.42. The van der Waals surface area contributed by atoms with Gasteiger partial charge in [-0.3, -0.25) is 4.79 Å². The van der Waals surface area contributed by atoms with Crippen molar-refractivity contribution in [3.63, 3.8) is 0 Å². The largest absolute Gasteiger partial charge is 0.405 e. The van der Waals surface area contributed by atoms with Crippen LogP contribution < -0.4 is 10.6 Å². The highest BCUT2D eigenvalue weighted by molar-refractivity contribution is 8.00. The number of amides is 1. The van der Waals surface area contributed by atoms with E-state index in [0.717, 1.165) is 17.1 Å². The number of halogens is 3. The Balaban J connectivity index is 2.15. The number of para-hydroxylation sites is 1. The maximum atomic E-state index is 12.2. The lowest BCUT2D eigenvalue weighted by Crippen LogP contribution is -2.38. The molecule has 1 heterocycles. The van der Waals surface area contributed by atoms with Crippen LogP contribution in [-0.4, -0.2) is 40.4 Å². The van der Waals surface area contributed by atoms with Crippen molar-refractivity contribution in [2.75, 3.05) is 18.4 Å². The molecule has 0 spiro atoms. The van der Waals surface area contributed by atoms with Gasteiger partial charge in [-0.1, -0.05) is 23.9 Å². The van der Waals surface area contributed by atoms with E-state index in [1.54, 1.807) is 0 Å². The summed E-state index contributed by atoms with van der Waals surface area (Å²) in [5.74, 6) is -0.0763. The minimum absolute atomic E-state index is 0.333. The first kappa shape index (κ1) is 18.3. The zero-order chi connectivity index (χ0) is 17.7. The maximum Gasteiger partial charge on any atom is 0.405 e. The van der Waals surface area contributed by atoms with E-state index < -0.39 is 23.9 Å². The van der Waals surface area contributed by atoms with Crippen molar-refractivity contribution in [3.05, 3.63) is 24.3 Å². The molecule has 130 valence electrons. The van der Waals surface area contributed by atoms with E-state index in [1.165, 1.54) is 6.92 Å². The summed E-state index contributed by atoms with van der Waals surface area (Å²) in [6.45, 7) is 2.75. The van der Waals surface area contributed by atoms with Gasteiger partial charge in [-0.2, -0.15) is 13.2 Å². The highest BCUT2D eigenvalue weighted by atomic mass is 32.2. The fourth-order valence-corrected chi connectivity index (χ4v) is 2.75. The van der Waals surface area contributed by atoms with Gasteiger partial charge in [-0.05, 0) is 26.0 Å². The third-order valence-electron chi connectivity index (χ3n) is 3.04. The van der Waals surface area contributed by atoms with E-state index in [1.807, 2.05) is 36.5 Å². The molecular formula is C15H17F3N4OS. The Morgan fingerprint density at radius 2 is 2.00 bits per heavy atom. The molecule has 0 bridgehead atoms. The van der Waals surface area contributed by atoms with Gasteiger partial charge in [0.15, 0.2) is 5.16 Å². The summed E-state index contributed by atoms with van der Waals surface area (Å²) in [5.41, 5.74) is 0.703. The summed E-state index contributed by atoms with van der Waals surface area (Å²) in [6, 6.07) is 7.39. The lowest BCUT2D eigenvalue weighted by Gasteiger charge is -2.14. The number of alkyl halides is 3. The van der Waals surface area contributed by atoms with Gasteiger partial charge in [-0.25, -0.2) is 9.97 Å². The van der Waals surface area contributed by atoms with Crippen LogP contribution in [0.4, 0.5) is 19.0 Å². The molecule has 1 aromatic heterocycles. The van der Waals surface area contributed by atoms with Gasteiger partial charge in [0.25, 0.3) is 0 Å². The predicted molar refractivity (Wildman–Crippen MR) is 88.1 cm³/mol. The van der Waals surface area contributed by atoms with Crippen molar-refractivity contribution in [1.82, 2.24) is 15.3 Å². The first-order valence-electron chi connectivity index (χ1n) is 7.32. The number of carbonyl (C=O) groups is 1. The molecule has 0 saturated heterocycles. The second-order valence-corrected chi connectivity index (χ2v) is 6.30. The third-order valence-corrected chi connectivity index (χ3v) is 4.00. The average molecular weight is 358 g/mol. The Hall–Kier alpha value is -2.03. The number of benzene rings is 1. The molecule has 24 heavy (non-hydrogen) atoms. The summed E-state index contributed by atoms with van der Waals surface area (Å²) in [4.78, 5) is 20.5. The number of thioether (sulfide) groups is 1. The molecule has 1 atom stereocenters. The second kappa shape index (κ2) is 7.69. The SMILES string of the molecule is CCNc1nc(SC(C)C(=O)NCC(F)(F)F)nc2ccccc12. The third kappa shape index (κ3) is 4.98. The van der Waals surface area contributed by atoms with Crippen LogP contribution in [0.25, 0.3) is 10.9 Å². The molecule has 0 fully saturated rings. The van der Waals surface area contributed by atoms with Crippen molar-refractivity contribution in [3.8, 4) is 0 Å². The Morgan fingerprint density at radius 3 is 2.67 bits per heavy atom. The van der Waals surface area contributed by atoms with Gasteiger partial charge >= 0.3 is 6.18 Å². The Kier molecular flexibility index (Phi) is 5.87. The summed E-state index contributed by atoms with van der Waals surface area (Å²) in [6.07, 6.45) is -4.43. The zero-order valence-corrected chi connectivity index (χ0v) is 14.0. The standard InChI is InChI=1S/C15H17F3N4OS/c1-3-19-12-10-6-4-5-7-11(10)21-14(22-12)24-9(2)13(23)20-8-15(16,17)18/h4-7,9H,3,8H2,1-2H3,(H,20,23)(H,19,21,22). The number of aromatic nitrogens is 2. The maximum absolute atomic E-state index is 12.2. The van der Waals surface area contributed by atoms with Crippen LogP contribution in [0, 0.1) is 0 Å². The van der Waals surface area contributed by atoms with Gasteiger partial charge < -0.3 is 10.6 Å². The van der Waals surface area contributed by atoms with E-state index in [-0.39, 0.29) is 0 Å². The van der Waals surface area contributed by atoms with Crippen LogP contribution in [0.5, 0.6) is 0 Å². The minimum atomic E-state index is -4.43. The Morgan fingerprint density at radius 1 is 1.29 bits per heavy atom. The summed E-state index contributed by atoms with van der Waals surface area (Å²) < 4.78 is 36.5. The molecular weight excluding hydrogens is 341 g/mol. The van der Waals surface area contributed by atoms with Crippen LogP contribution in [0.2, 0.25) is 0 Å². The van der Waals surface area contributed by atoms with E-state index in [0.29, 0.717) is 23.0 Å².